The molecule has 0 saturated heterocycles. The molecule has 7 nitrogen and oxygen atoms in total. The minimum absolute atomic E-state index is 0.148. The molecule has 2 aromatic heterocycles. The maximum absolute atomic E-state index is 12.1. The summed E-state index contributed by atoms with van der Waals surface area (Å²) in [5.74, 6) is 1.65. The molecule has 0 aliphatic rings. The molecule has 0 aliphatic heterocycles. The fraction of sp³-hybridized carbons (Fsp3) is 0.538. The first kappa shape index (κ1) is 14.2. The van der Waals surface area contributed by atoms with Gasteiger partial charge in [0.1, 0.15) is 0 Å². The molecule has 108 valence electrons. The molecule has 0 atom stereocenters. The van der Waals surface area contributed by atoms with Gasteiger partial charge in [0.2, 0.25) is 5.89 Å². The second-order valence-electron chi connectivity index (χ2n) is 5.10. The molecule has 1 N–H and O–H groups in total. The van der Waals surface area contributed by atoms with Crippen LogP contribution in [0.5, 0.6) is 0 Å². The van der Waals surface area contributed by atoms with E-state index in [0.29, 0.717) is 30.5 Å². The Morgan fingerprint density at radius 2 is 2.25 bits per heavy atom. The van der Waals surface area contributed by atoms with Crippen molar-refractivity contribution in [1.29, 1.82) is 0 Å². The van der Waals surface area contributed by atoms with Crippen LogP contribution in [-0.2, 0) is 6.42 Å². The normalized spacial score (nSPS) is 11.1. The summed E-state index contributed by atoms with van der Waals surface area (Å²) >= 11 is 0. The highest BCUT2D eigenvalue weighted by Crippen LogP contribution is 2.11. The summed E-state index contributed by atoms with van der Waals surface area (Å²) in [7, 11) is 1.73. The van der Waals surface area contributed by atoms with E-state index < -0.39 is 0 Å². The molecule has 0 saturated carbocycles. The summed E-state index contributed by atoms with van der Waals surface area (Å²) < 4.78 is 5.12. The van der Waals surface area contributed by atoms with Crippen molar-refractivity contribution in [2.24, 2.45) is 0 Å². The van der Waals surface area contributed by atoms with Crippen molar-refractivity contribution in [3.8, 4) is 0 Å². The molecule has 2 heterocycles. The van der Waals surface area contributed by atoms with Crippen LogP contribution in [0.3, 0.4) is 0 Å². The lowest BCUT2D eigenvalue weighted by atomic mass is 10.2. The average Bonchev–Trinajstić information content (AvgIpc) is 3.03. The van der Waals surface area contributed by atoms with E-state index in [9.17, 15) is 4.79 Å². The monoisotopic (exact) mass is 277 g/mol. The van der Waals surface area contributed by atoms with E-state index in [1.165, 1.54) is 0 Å². The zero-order valence-electron chi connectivity index (χ0n) is 12.2. The number of rotatable bonds is 5. The Balaban J connectivity index is 1.91. The van der Waals surface area contributed by atoms with Gasteiger partial charge in [0.05, 0.1) is 0 Å². The largest absolute Gasteiger partial charge is 0.339 e. The molecular weight excluding hydrogens is 258 g/mol. The lowest BCUT2D eigenvalue weighted by Crippen LogP contribution is -2.29. The molecule has 0 fully saturated rings. The number of carbonyl (C=O) groups is 1. The first-order valence-electron chi connectivity index (χ1n) is 6.57. The van der Waals surface area contributed by atoms with Crippen molar-refractivity contribution >= 4 is 5.91 Å². The number of amides is 1. The molecule has 1 amide bonds. The standard InChI is InChI=1S/C13H19N5O2/c1-8(2)12-16-10(17-20-12)5-6-18(4)13(19)11-14-7-9(3)15-11/h7-8H,5-6H2,1-4H3,(H,14,15). The molecule has 2 aromatic rings. The SMILES string of the molecule is Cc1cnc(C(=O)N(C)CCc2noc(C(C)C)n2)[nH]1. The minimum atomic E-state index is -0.148. The lowest BCUT2D eigenvalue weighted by Gasteiger charge is -2.14. The van der Waals surface area contributed by atoms with E-state index in [1.807, 2.05) is 20.8 Å². The number of nitrogens with zero attached hydrogens (tertiary/aromatic N) is 4. The van der Waals surface area contributed by atoms with E-state index in [-0.39, 0.29) is 11.8 Å². The molecule has 0 bridgehead atoms. The number of aryl methyl sites for hydroxylation is 1. The fourth-order valence-electron chi connectivity index (χ4n) is 1.67. The van der Waals surface area contributed by atoms with Crippen LogP contribution >= 0.6 is 0 Å². The van der Waals surface area contributed by atoms with Gasteiger partial charge in [-0.25, -0.2) is 4.98 Å². The van der Waals surface area contributed by atoms with Crippen molar-refractivity contribution in [2.75, 3.05) is 13.6 Å². The van der Waals surface area contributed by atoms with Gasteiger partial charge in [0, 0.05) is 37.8 Å². The summed E-state index contributed by atoms with van der Waals surface area (Å²) in [4.78, 5) is 24.9. The van der Waals surface area contributed by atoms with E-state index in [0.717, 1.165) is 5.69 Å². The Morgan fingerprint density at radius 3 is 2.80 bits per heavy atom. The van der Waals surface area contributed by atoms with Crippen molar-refractivity contribution < 1.29 is 9.32 Å². The van der Waals surface area contributed by atoms with Crippen molar-refractivity contribution in [3.63, 3.8) is 0 Å². The summed E-state index contributed by atoms with van der Waals surface area (Å²) in [5.41, 5.74) is 0.862. The molecule has 0 spiro atoms. The highest BCUT2D eigenvalue weighted by Gasteiger charge is 2.16. The third kappa shape index (κ3) is 3.23. The molecule has 7 heteroatoms. The summed E-state index contributed by atoms with van der Waals surface area (Å²) in [6.07, 6.45) is 2.19. The van der Waals surface area contributed by atoms with Crippen LogP contribution in [0.2, 0.25) is 0 Å². The van der Waals surface area contributed by atoms with Crippen LogP contribution in [0.1, 0.15) is 47.8 Å². The third-order valence-corrected chi connectivity index (χ3v) is 2.90. The predicted molar refractivity (Wildman–Crippen MR) is 72.4 cm³/mol. The summed E-state index contributed by atoms with van der Waals surface area (Å²) in [6.45, 7) is 6.35. The molecule has 0 aliphatic carbocycles. The van der Waals surface area contributed by atoms with Crippen LogP contribution in [-0.4, -0.2) is 44.5 Å². The summed E-state index contributed by atoms with van der Waals surface area (Å²) in [5, 5.41) is 3.90. The highest BCUT2D eigenvalue weighted by atomic mass is 16.5. The van der Waals surface area contributed by atoms with Crippen LogP contribution < -0.4 is 0 Å². The van der Waals surface area contributed by atoms with Gasteiger partial charge in [-0.15, -0.1) is 0 Å². The van der Waals surface area contributed by atoms with Crippen LogP contribution in [0.25, 0.3) is 0 Å². The fourth-order valence-corrected chi connectivity index (χ4v) is 1.67. The zero-order valence-corrected chi connectivity index (χ0v) is 12.2. The Kier molecular flexibility index (Phi) is 4.16. The number of aromatic amines is 1. The maximum Gasteiger partial charge on any atom is 0.289 e. The van der Waals surface area contributed by atoms with Gasteiger partial charge >= 0.3 is 0 Å². The van der Waals surface area contributed by atoms with Gasteiger partial charge in [-0.2, -0.15) is 4.98 Å². The molecule has 0 radical (unpaired) electrons. The second-order valence-corrected chi connectivity index (χ2v) is 5.10. The Bertz CT molecular complexity index is 587. The number of likely N-dealkylation sites (N-methyl/N-ethyl adjacent to an activating group) is 1. The topological polar surface area (TPSA) is 87.9 Å². The van der Waals surface area contributed by atoms with Gasteiger partial charge in [0.25, 0.3) is 5.91 Å². The van der Waals surface area contributed by atoms with E-state index in [2.05, 4.69) is 20.1 Å². The predicted octanol–water partition coefficient (Wildman–Crippen LogP) is 1.54. The number of hydrogen-bond donors (Lipinski definition) is 1. The van der Waals surface area contributed by atoms with Crippen molar-refractivity contribution in [2.45, 2.75) is 33.1 Å². The van der Waals surface area contributed by atoms with E-state index in [4.69, 9.17) is 4.52 Å². The maximum atomic E-state index is 12.1. The number of hydrogen-bond acceptors (Lipinski definition) is 5. The first-order chi connectivity index (χ1) is 9.47. The van der Waals surface area contributed by atoms with Crippen LogP contribution in [0.15, 0.2) is 10.7 Å². The van der Waals surface area contributed by atoms with Gasteiger partial charge in [-0.3, -0.25) is 4.79 Å². The molecular formula is C13H19N5O2. The van der Waals surface area contributed by atoms with E-state index >= 15 is 0 Å². The van der Waals surface area contributed by atoms with Crippen LogP contribution in [0.4, 0.5) is 0 Å². The van der Waals surface area contributed by atoms with Gasteiger partial charge in [0.15, 0.2) is 11.6 Å². The molecule has 0 aromatic carbocycles. The quantitative estimate of drug-likeness (QED) is 0.895. The number of imidazole rings is 1. The van der Waals surface area contributed by atoms with Crippen molar-refractivity contribution in [3.05, 3.63) is 29.4 Å². The molecule has 20 heavy (non-hydrogen) atoms. The minimum Gasteiger partial charge on any atom is -0.339 e. The summed E-state index contributed by atoms with van der Waals surface area (Å²) in [6, 6.07) is 0. The number of aromatic nitrogens is 4. The average molecular weight is 277 g/mol. The van der Waals surface area contributed by atoms with Gasteiger partial charge in [-0.05, 0) is 6.92 Å². The Morgan fingerprint density at radius 1 is 1.50 bits per heavy atom. The van der Waals surface area contributed by atoms with E-state index in [1.54, 1.807) is 18.1 Å². The molecule has 0 unspecified atom stereocenters. The van der Waals surface area contributed by atoms with Crippen LogP contribution in [0, 0.1) is 6.92 Å². The Labute approximate surface area is 117 Å². The number of H-pyrrole nitrogens is 1. The molecule has 2 rings (SSSR count). The third-order valence-electron chi connectivity index (χ3n) is 2.90. The second kappa shape index (κ2) is 5.85. The van der Waals surface area contributed by atoms with Gasteiger partial charge in [-0.1, -0.05) is 19.0 Å². The lowest BCUT2D eigenvalue weighted by molar-refractivity contribution is 0.0784. The van der Waals surface area contributed by atoms with Crippen molar-refractivity contribution in [1.82, 2.24) is 25.0 Å². The number of nitrogens with one attached hydrogen (secondary N) is 1. The number of carbonyl (C=O) groups excluding carboxylic acids is 1. The smallest absolute Gasteiger partial charge is 0.289 e. The Hall–Kier alpha value is -2.18. The van der Waals surface area contributed by atoms with Gasteiger partial charge < -0.3 is 14.4 Å². The first-order valence-corrected chi connectivity index (χ1v) is 6.57. The highest BCUT2D eigenvalue weighted by molar-refractivity contribution is 5.90. The zero-order chi connectivity index (χ0) is 14.7.